The standard InChI is InChI=1S/C13H17NO4S2/c1-2-17-12-7-9(13(14)19)3-4-11(12)18-10-5-6-20(15,16)8-10/h3-4,7,10H,2,5-6,8H2,1H3,(H2,14,19). The monoisotopic (exact) mass is 315 g/mol. The molecule has 20 heavy (non-hydrogen) atoms. The second-order valence-corrected chi connectivity index (χ2v) is 7.27. The van der Waals surface area contributed by atoms with Gasteiger partial charge in [0.1, 0.15) is 11.1 Å². The summed E-state index contributed by atoms with van der Waals surface area (Å²) in [6.45, 7) is 2.33. The molecular formula is C13H17NO4S2. The summed E-state index contributed by atoms with van der Waals surface area (Å²) in [6, 6.07) is 5.17. The van der Waals surface area contributed by atoms with Gasteiger partial charge in [0.05, 0.1) is 18.1 Å². The zero-order valence-electron chi connectivity index (χ0n) is 11.2. The molecule has 7 heteroatoms. The van der Waals surface area contributed by atoms with Crippen LogP contribution in [0.25, 0.3) is 0 Å². The second kappa shape index (κ2) is 5.97. The molecule has 0 amide bonds. The summed E-state index contributed by atoms with van der Waals surface area (Å²) in [5.74, 6) is 1.28. The topological polar surface area (TPSA) is 78.6 Å². The van der Waals surface area contributed by atoms with E-state index >= 15 is 0 Å². The Morgan fingerprint density at radius 2 is 2.20 bits per heavy atom. The lowest BCUT2D eigenvalue weighted by Crippen LogP contribution is -2.18. The van der Waals surface area contributed by atoms with Crippen LogP contribution < -0.4 is 15.2 Å². The first-order valence-corrected chi connectivity index (χ1v) is 8.58. The third kappa shape index (κ3) is 3.61. The average Bonchev–Trinajstić information content (AvgIpc) is 2.71. The molecule has 1 aromatic rings. The minimum atomic E-state index is -2.97. The van der Waals surface area contributed by atoms with Crippen LogP contribution in [0.2, 0.25) is 0 Å². The van der Waals surface area contributed by atoms with E-state index in [9.17, 15) is 8.42 Å². The number of ether oxygens (including phenoxy) is 2. The molecule has 2 rings (SSSR count). The fourth-order valence-electron chi connectivity index (χ4n) is 2.06. The van der Waals surface area contributed by atoms with Crippen molar-refractivity contribution >= 4 is 27.0 Å². The Morgan fingerprint density at radius 1 is 1.45 bits per heavy atom. The maximum Gasteiger partial charge on any atom is 0.161 e. The van der Waals surface area contributed by atoms with Gasteiger partial charge in [-0.2, -0.15) is 0 Å². The van der Waals surface area contributed by atoms with Gasteiger partial charge in [-0.1, -0.05) is 12.2 Å². The van der Waals surface area contributed by atoms with E-state index in [1.165, 1.54) is 0 Å². The molecule has 0 aromatic heterocycles. The van der Waals surface area contributed by atoms with Crippen molar-refractivity contribution in [3.63, 3.8) is 0 Å². The highest BCUT2D eigenvalue weighted by Gasteiger charge is 2.30. The zero-order valence-corrected chi connectivity index (χ0v) is 12.8. The van der Waals surface area contributed by atoms with Crippen LogP contribution in [-0.2, 0) is 9.84 Å². The van der Waals surface area contributed by atoms with Crippen molar-refractivity contribution in [2.45, 2.75) is 19.4 Å². The van der Waals surface area contributed by atoms with Gasteiger partial charge in [-0.3, -0.25) is 0 Å². The lowest BCUT2D eigenvalue weighted by Gasteiger charge is -2.16. The number of rotatable bonds is 5. The molecule has 1 atom stereocenters. The third-order valence-electron chi connectivity index (χ3n) is 3.01. The van der Waals surface area contributed by atoms with E-state index in [0.29, 0.717) is 30.1 Å². The number of hydrogen-bond acceptors (Lipinski definition) is 5. The van der Waals surface area contributed by atoms with E-state index in [2.05, 4.69) is 0 Å². The van der Waals surface area contributed by atoms with Gasteiger partial charge in [0.2, 0.25) is 0 Å². The lowest BCUT2D eigenvalue weighted by atomic mass is 10.2. The molecule has 1 heterocycles. The Balaban J connectivity index is 2.20. The summed E-state index contributed by atoms with van der Waals surface area (Å²) in [4.78, 5) is 0.279. The fourth-order valence-corrected chi connectivity index (χ4v) is 3.78. The molecule has 1 aliphatic heterocycles. The second-order valence-electron chi connectivity index (χ2n) is 4.60. The molecule has 5 nitrogen and oxygen atoms in total. The SMILES string of the molecule is CCOc1cc(C(N)=S)ccc1OC1CCS(=O)(=O)C1. The first-order valence-electron chi connectivity index (χ1n) is 6.35. The fraction of sp³-hybridized carbons (Fsp3) is 0.462. The maximum absolute atomic E-state index is 11.4. The number of benzene rings is 1. The van der Waals surface area contributed by atoms with Crippen LogP contribution in [0.3, 0.4) is 0 Å². The van der Waals surface area contributed by atoms with Crippen molar-refractivity contribution in [2.24, 2.45) is 5.73 Å². The Morgan fingerprint density at radius 3 is 2.75 bits per heavy atom. The summed E-state index contributed by atoms with van der Waals surface area (Å²) >= 11 is 4.92. The van der Waals surface area contributed by atoms with Crippen LogP contribution in [0.5, 0.6) is 11.5 Å². The number of sulfone groups is 1. The number of thiocarbonyl (C=S) groups is 1. The quantitative estimate of drug-likeness (QED) is 0.825. The molecule has 0 spiro atoms. The van der Waals surface area contributed by atoms with Gasteiger partial charge in [-0.05, 0) is 31.5 Å². The van der Waals surface area contributed by atoms with Crippen LogP contribution in [0, 0.1) is 0 Å². The highest BCUT2D eigenvalue weighted by atomic mass is 32.2. The molecule has 1 saturated heterocycles. The van der Waals surface area contributed by atoms with Gasteiger partial charge in [0, 0.05) is 5.56 Å². The Labute approximate surface area is 124 Å². The molecule has 0 saturated carbocycles. The summed E-state index contributed by atoms with van der Waals surface area (Å²) in [5.41, 5.74) is 6.27. The van der Waals surface area contributed by atoms with E-state index < -0.39 is 9.84 Å². The lowest BCUT2D eigenvalue weighted by molar-refractivity contribution is 0.213. The average molecular weight is 315 g/mol. The number of nitrogens with two attached hydrogens (primary N) is 1. The molecular weight excluding hydrogens is 298 g/mol. The van der Waals surface area contributed by atoms with Crippen molar-refractivity contribution in [3.05, 3.63) is 23.8 Å². The van der Waals surface area contributed by atoms with Crippen molar-refractivity contribution in [2.75, 3.05) is 18.1 Å². The molecule has 1 aliphatic rings. The van der Waals surface area contributed by atoms with Gasteiger partial charge in [0.25, 0.3) is 0 Å². The molecule has 0 bridgehead atoms. The summed E-state index contributed by atoms with van der Waals surface area (Å²) < 4.78 is 34.1. The molecule has 1 aromatic carbocycles. The minimum absolute atomic E-state index is 0.0512. The Kier molecular flexibility index (Phi) is 4.49. The van der Waals surface area contributed by atoms with E-state index in [1.807, 2.05) is 6.92 Å². The predicted octanol–water partition coefficient (Wildman–Crippen LogP) is 1.29. The van der Waals surface area contributed by atoms with E-state index in [4.69, 9.17) is 27.4 Å². The van der Waals surface area contributed by atoms with Gasteiger partial charge in [-0.25, -0.2) is 8.42 Å². The Bertz CT molecular complexity index is 613. The largest absolute Gasteiger partial charge is 0.490 e. The van der Waals surface area contributed by atoms with Crippen molar-refractivity contribution in [3.8, 4) is 11.5 Å². The highest BCUT2D eigenvalue weighted by molar-refractivity contribution is 7.91. The first kappa shape index (κ1) is 15.1. The Hall–Kier alpha value is -1.34. The highest BCUT2D eigenvalue weighted by Crippen LogP contribution is 2.31. The van der Waals surface area contributed by atoms with Crippen LogP contribution >= 0.6 is 12.2 Å². The van der Waals surface area contributed by atoms with Gasteiger partial charge in [-0.15, -0.1) is 0 Å². The van der Waals surface area contributed by atoms with E-state index in [1.54, 1.807) is 18.2 Å². The molecule has 110 valence electrons. The van der Waals surface area contributed by atoms with E-state index in [0.717, 1.165) is 0 Å². The van der Waals surface area contributed by atoms with Crippen molar-refractivity contribution in [1.82, 2.24) is 0 Å². The van der Waals surface area contributed by atoms with Crippen LogP contribution in [0.4, 0.5) is 0 Å². The zero-order chi connectivity index (χ0) is 14.8. The normalized spacial score (nSPS) is 20.6. The maximum atomic E-state index is 11.4. The van der Waals surface area contributed by atoms with Crippen LogP contribution in [0.1, 0.15) is 18.9 Å². The molecule has 2 N–H and O–H groups in total. The molecule has 1 fully saturated rings. The molecule has 0 aliphatic carbocycles. The van der Waals surface area contributed by atoms with Gasteiger partial charge in [0.15, 0.2) is 21.3 Å². The molecule has 0 radical (unpaired) electrons. The van der Waals surface area contributed by atoms with E-state index in [-0.39, 0.29) is 22.6 Å². The first-order chi connectivity index (χ1) is 9.41. The van der Waals surface area contributed by atoms with Gasteiger partial charge >= 0.3 is 0 Å². The predicted molar refractivity (Wildman–Crippen MR) is 81.2 cm³/mol. The van der Waals surface area contributed by atoms with Crippen LogP contribution in [0.15, 0.2) is 18.2 Å². The van der Waals surface area contributed by atoms with Crippen molar-refractivity contribution in [1.29, 1.82) is 0 Å². The summed E-state index contributed by atoms with van der Waals surface area (Å²) in [5, 5.41) is 0. The number of hydrogen-bond donors (Lipinski definition) is 1. The molecule has 1 unspecified atom stereocenters. The summed E-state index contributed by atoms with van der Waals surface area (Å²) in [7, 11) is -2.97. The van der Waals surface area contributed by atoms with Crippen LogP contribution in [-0.4, -0.2) is 37.6 Å². The van der Waals surface area contributed by atoms with Gasteiger partial charge < -0.3 is 15.2 Å². The minimum Gasteiger partial charge on any atom is -0.490 e. The summed E-state index contributed by atoms with van der Waals surface area (Å²) in [6.07, 6.45) is 0.181. The third-order valence-corrected chi connectivity index (χ3v) is 4.99. The smallest absolute Gasteiger partial charge is 0.161 e. The van der Waals surface area contributed by atoms with Crippen molar-refractivity contribution < 1.29 is 17.9 Å².